The monoisotopic (exact) mass is 262 g/mol. The summed E-state index contributed by atoms with van der Waals surface area (Å²) in [5, 5.41) is 6.99. The molecule has 19 heavy (non-hydrogen) atoms. The molecule has 2 heteroatoms. The smallest absolute Gasteiger partial charge is 0.0205 e. The molecule has 1 aliphatic carbocycles. The van der Waals surface area contributed by atoms with Crippen molar-refractivity contribution in [3.05, 3.63) is 35.9 Å². The largest absolute Gasteiger partial charge is 0.319 e. The predicted molar refractivity (Wildman–Crippen MR) is 84.3 cm³/mol. The summed E-state index contributed by atoms with van der Waals surface area (Å²) in [5.41, 5.74) is 1.88. The normalized spacial score (nSPS) is 16.8. The minimum absolute atomic E-state index is 0.504. The molecule has 1 fully saturated rings. The third-order valence-corrected chi connectivity index (χ3v) is 3.89. The molecule has 0 amide bonds. The van der Waals surface area contributed by atoms with E-state index in [2.05, 4.69) is 48.0 Å². The van der Waals surface area contributed by atoms with Crippen LogP contribution in [-0.4, -0.2) is 20.1 Å². The predicted octanol–water partition coefficient (Wildman–Crippen LogP) is 3.58. The molecular weight excluding hydrogens is 232 g/mol. The number of hydrogen-bond acceptors (Lipinski definition) is 2. The Morgan fingerprint density at radius 3 is 2.21 bits per heavy atom. The van der Waals surface area contributed by atoms with Crippen LogP contribution >= 0.6 is 0 Å². The van der Waals surface area contributed by atoms with Crippen molar-refractivity contribution >= 4 is 0 Å². The van der Waals surface area contributed by atoms with Gasteiger partial charge in [0.05, 0.1) is 0 Å². The van der Waals surface area contributed by atoms with Crippen molar-refractivity contribution in [3.8, 4) is 0 Å². The summed E-state index contributed by atoms with van der Waals surface area (Å²) < 4.78 is 0. The Bertz CT molecular complexity index is 315. The zero-order chi connectivity index (χ0) is 14.0. The summed E-state index contributed by atoms with van der Waals surface area (Å²) in [6.45, 7) is 7.28. The Labute approximate surface area is 119 Å². The highest BCUT2D eigenvalue weighted by Crippen LogP contribution is 2.36. The van der Waals surface area contributed by atoms with Crippen molar-refractivity contribution in [3.63, 3.8) is 0 Å². The van der Waals surface area contributed by atoms with Crippen molar-refractivity contribution < 1.29 is 0 Å². The number of rotatable bonds is 6. The second-order valence-corrected chi connectivity index (χ2v) is 5.33. The molecule has 1 aromatic rings. The van der Waals surface area contributed by atoms with E-state index in [0.717, 1.165) is 19.6 Å². The summed E-state index contributed by atoms with van der Waals surface area (Å²) in [5.74, 6) is 0. The van der Waals surface area contributed by atoms with Crippen molar-refractivity contribution in [1.29, 1.82) is 0 Å². The van der Waals surface area contributed by atoms with Gasteiger partial charge in [-0.1, -0.05) is 57.0 Å². The Morgan fingerprint density at radius 1 is 1.00 bits per heavy atom. The second-order valence-electron chi connectivity index (χ2n) is 5.33. The van der Waals surface area contributed by atoms with E-state index < -0.39 is 0 Å². The number of hydrogen-bond donors (Lipinski definition) is 2. The Balaban J connectivity index is 0.000000861. The van der Waals surface area contributed by atoms with Crippen molar-refractivity contribution in [2.24, 2.45) is 5.41 Å². The van der Waals surface area contributed by atoms with Crippen LogP contribution in [0.5, 0.6) is 0 Å². The highest BCUT2D eigenvalue weighted by molar-refractivity contribution is 5.14. The molecule has 1 aliphatic rings. The van der Waals surface area contributed by atoms with Gasteiger partial charge in [0.15, 0.2) is 0 Å². The van der Waals surface area contributed by atoms with Gasteiger partial charge in [-0.2, -0.15) is 0 Å². The lowest BCUT2D eigenvalue weighted by Crippen LogP contribution is -2.39. The molecule has 0 radical (unpaired) electrons. The molecule has 1 saturated carbocycles. The number of benzene rings is 1. The lowest BCUT2D eigenvalue weighted by Gasteiger charge is -2.29. The molecule has 108 valence electrons. The molecular formula is C17H30N2. The van der Waals surface area contributed by atoms with Gasteiger partial charge in [-0.15, -0.1) is 0 Å². The molecule has 2 rings (SSSR count). The average Bonchev–Trinajstić information content (AvgIpc) is 2.91. The third-order valence-electron chi connectivity index (χ3n) is 3.89. The van der Waals surface area contributed by atoms with Gasteiger partial charge < -0.3 is 10.6 Å². The SMILES string of the molecule is CC.CNCC1(CNCc2ccccc2)CCCC1. The summed E-state index contributed by atoms with van der Waals surface area (Å²) in [6.07, 6.45) is 5.54. The summed E-state index contributed by atoms with van der Waals surface area (Å²) >= 11 is 0. The Hall–Kier alpha value is -0.860. The molecule has 0 unspecified atom stereocenters. The van der Waals surface area contributed by atoms with E-state index in [1.54, 1.807) is 0 Å². The van der Waals surface area contributed by atoms with Crippen LogP contribution in [-0.2, 0) is 6.54 Å². The molecule has 0 heterocycles. The maximum Gasteiger partial charge on any atom is 0.0205 e. The zero-order valence-electron chi connectivity index (χ0n) is 12.8. The summed E-state index contributed by atoms with van der Waals surface area (Å²) in [4.78, 5) is 0. The van der Waals surface area contributed by atoms with Crippen LogP contribution < -0.4 is 10.6 Å². The number of nitrogens with one attached hydrogen (secondary N) is 2. The van der Waals surface area contributed by atoms with Gasteiger partial charge in [0.2, 0.25) is 0 Å². The maximum atomic E-state index is 3.63. The topological polar surface area (TPSA) is 24.1 Å². The van der Waals surface area contributed by atoms with Gasteiger partial charge >= 0.3 is 0 Å². The molecule has 0 aliphatic heterocycles. The van der Waals surface area contributed by atoms with Crippen LogP contribution in [0, 0.1) is 5.41 Å². The molecule has 0 aromatic heterocycles. The second kappa shape index (κ2) is 9.11. The molecule has 0 atom stereocenters. The maximum absolute atomic E-state index is 3.63. The van der Waals surface area contributed by atoms with Crippen LogP contribution in [0.2, 0.25) is 0 Å². The van der Waals surface area contributed by atoms with Gasteiger partial charge in [0.1, 0.15) is 0 Å². The highest BCUT2D eigenvalue weighted by atomic mass is 14.9. The molecule has 2 nitrogen and oxygen atoms in total. The van der Waals surface area contributed by atoms with Crippen LogP contribution in [0.3, 0.4) is 0 Å². The third kappa shape index (κ3) is 5.33. The van der Waals surface area contributed by atoms with Gasteiger partial charge in [-0.25, -0.2) is 0 Å². The van der Waals surface area contributed by atoms with Crippen molar-refractivity contribution in [2.45, 2.75) is 46.1 Å². The van der Waals surface area contributed by atoms with Gasteiger partial charge in [-0.05, 0) is 30.9 Å². The lowest BCUT2D eigenvalue weighted by molar-refractivity contribution is 0.272. The Kier molecular flexibility index (Phi) is 7.76. The van der Waals surface area contributed by atoms with Gasteiger partial charge in [0, 0.05) is 19.6 Å². The standard InChI is InChI=1S/C15H24N2.C2H6/c1-16-12-15(9-5-6-10-15)13-17-11-14-7-3-2-4-8-14;1-2/h2-4,7-8,16-17H,5-6,9-13H2,1H3;1-2H3. The van der Waals surface area contributed by atoms with E-state index in [4.69, 9.17) is 0 Å². The fourth-order valence-corrected chi connectivity index (χ4v) is 2.98. The quantitative estimate of drug-likeness (QED) is 0.819. The van der Waals surface area contributed by atoms with E-state index in [9.17, 15) is 0 Å². The Morgan fingerprint density at radius 2 is 1.63 bits per heavy atom. The molecule has 1 aromatic carbocycles. The minimum atomic E-state index is 0.504. The van der Waals surface area contributed by atoms with Crippen molar-refractivity contribution in [2.75, 3.05) is 20.1 Å². The first-order valence-electron chi connectivity index (χ1n) is 7.74. The van der Waals surface area contributed by atoms with Crippen LogP contribution in [0.25, 0.3) is 0 Å². The fourth-order valence-electron chi connectivity index (χ4n) is 2.98. The van der Waals surface area contributed by atoms with E-state index in [1.807, 2.05) is 13.8 Å². The molecule has 2 N–H and O–H groups in total. The van der Waals surface area contributed by atoms with Crippen LogP contribution in [0.4, 0.5) is 0 Å². The zero-order valence-corrected chi connectivity index (χ0v) is 12.8. The minimum Gasteiger partial charge on any atom is -0.319 e. The fraction of sp³-hybridized carbons (Fsp3) is 0.647. The molecule has 0 saturated heterocycles. The first-order chi connectivity index (χ1) is 9.35. The van der Waals surface area contributed by atoms with E-state index >= 15 is 0 Å². The first-order valence-corrected chi connectivity index (χ1v) is 7.74. The first kappa shape index (κ1) is 16.2. The highest BCUT2D eigenvalue weighted by Gasteiger charge is 2.32. The van der Waals surface area contributed by atoms with Crippen molar-refractivity contribution in [1.82, 2.24) is 10.6 Å². The average molecular weight is 262 g/mol. The van der Waals surface area contributed by atoms with Crippen LogP contribution in [0.1, 0.15) is 45.1 Å². The van der Waals surface area contributed by atoms with Gasteiger partial charge in [0.25, 0.3) is 0 Å². The van der Waals surface area contributed by atoms with Gasteiger partial charge in [-0.3, -0.25) is 0 Å². The van der Waals surface area contributed by atoms with Crippen LogP contribution in [0.15, 0.2) is 30.3 Å². The summed E-state index contributed by atoms with van der Waals surface area (Å²) in [6, 6.07) is 10.7. The van der Waals surface area contributed by atoms with E-state index in [0.29, 0.717) is 5.41 Å². The van der Waals surface area contributed by atoms with E-state index in [1.165, 1.54) is 31.2 Å². The summed E-state index contributed by atoms with van der Waals surface area (Å²) in [7, 11) is 2.07. The molecule has 0 bridgehead atoms. The molecule has 0 spiro atoms. The van der Waals surface area contributed by atoms with E-state index in [-0.39, 0.29) is 0 Å². The lowest BCUT2D eigenvalue weighted by atomic mass is 9.86.